The van der Waals surface area contributed by atoms with Gasteiger partial charge in [0.1, 0.15) is 0 Å². The minimum absolute atomic E-state index is 0.0427. The Morgan fingerprint density at radius 1 is 0.960 bits per heavy atom. The summed E-state index contributed by atoms with van der Waals surface area (Å²) in [5, 5.41) is 6.06. The summed E-state index contributed by atoms with van der Waals surface area (Å²) in [6.07, 6.45) is 0.354. The summed E-state index contributed by atoms with van der Waals surface area (Å²) in [6, 6.07) is 12.9. The second-order valence-electron chi connectivity index (χ2n) is 5.82. The SMILES string of the molecule is CCOC(=O)c1ccc(NCCC(=O)Nc2ccc(C)c(C)c2)cc1. The van der Waals surface area contributed by atoms with E-state index in [2.05, 4.69) is 10.6 Å². The molecule has 0 aliphatic carbocycles. The van der Waals surface area contributed by atoms with E-state index in [9.17, 15) is 9.59 Å². The van der Waals surface area contributed by atoms with Crippen LogP contribution in [0.25, 0.3) is 0 Å². The largest absolute Gasteiger partial charge is 0.462 e. The van der Waals surface area contributed by atoms with Crippen LogP contribution in [-0.4, -0.2) is 25.0 Å². The number of hydrogen-bond donors (Lipinski definition) is 2. The van der Waals surface area contributed by atoms with Crippen molar-refractivity contribution >= 4 is 23.3 Å². The van der Waals surface area contributed by atoms with Crippen molar-refractivity contribution in [3.63, 3.8) is 0 Å². The van der Waals surface area contributed by atoms with Crippen LogP contribution < -0.4 is 10.6 Å². The maximum atomic E-state index is 12.0. The van der Waals surface area contributed by atoms with Gasteiger partial charge in [-0.1, -0.05) is 6.07 Å². The lowest BCUT2D eigenvalue weighted by molar-refractivity contribution is -0.115. The van der Waals surface area contributed by atoms with Gasteiger partial charge in [0.25, 0.3) is 0 Å². The van der Waals surface area contributed by atoms with Crippen LogP contribution in [0.1, 0.15) is 34.8 Å². The average molecular weight is 340 g/mol. The Morgan fingerprint density at radius 2 is 1.64 bits per heavy atom. The number of amides is 1. The van der Waals surface area contributed by atoms with E-state index >= 15 is 0 Å². The first-order valence-corrected chi connectivity index (χ1v) is 8.37. The highest BCUT2D eigenvalue weighted by atomic mass is 16.5. The fourth-order valence-corrected chi connectivity index (χ4v) is 2.30. The molecule has 1 amide bonds. The maximum absolute atomic E-state index is 12.0. The Hall–Kier alpha value is -2.82. The van der Waals surface area contributed by atoms with Gasteiger partial charge in [0.15, 0.2) is 0 Å². The number of benzene rings is 2. The molecule has 0 unspecified atom stereocenters. The third kappa shape index (κ3) is 5.64. The second-order valence-corrected chi connectivity index (χ2v) is 5.82. The first-order chi connectivity index (χ1) is 12.0. The monoisotopic (exact) mass is 340 g/mol. The summed E-state index contributed by atoms with van der Waals surface area (Å²) < 4.78 is 4.94. The third-order valence-corrected chi connectivity index (χ3v) is 3.87. The van der Waals surface area contributed by atoms with E-state index in [0.717, 1.165) is 16.9 Å². The molecule has 0 bridgehead atoms. The van der Waals surface area contributed by atoms with Crippen molar-refractivity contribution in [1.29, 1.82) is 0 Å². The van der Waals surface area contributed by atoms with E-state index in [-0.39, 0.29) is 11.9 Å². The van der Waals surface area contributed by atoms with Crippen LogP contribution in [-0.2, 0) is 9.53 Å². The molecule has 2 rings (SSSR count). The number of carbonyl (C=O) groups excluding carboxylic acids is 2. The molecule has 0 atom stereocenters. The van der Waals surface area contributed by atoms with Crippen LogP contribution in [0.3, 0.4) is 0 Å². The van der Waals surface area contributed by atoms with Gasteiger partial charge in [-0.15, -0.1) is 0 Å². The number of aryl methyl sites for hydroxylation is 2. The smallest absolute Gasteiger partial charge is 0.338 e. The van der Waals surface area contributed by atoms with Crippen LogP contribution in [0.5, 0.6) is 0 Å². The molecule has 25 heavy (non-hydrogen) atoms. The molecule has 5 heteroatoms. The van der Waals surface area contributed by atoms with Crippen LogP contribution in [0.15, 0.2) is 42.5 Å². The molecule has 0 fully saturated rings. The Morgan fingerprint density at radius 3 is 2.28 bits per heavy atom. The van der Waals surface area contributed by atoms with E-state index in [4.69, 9.17) is 4.74 Å². The summed E-state index contributed by atoms with van der Waals surface area (Å²) in [4.78, 5) is 23.6. The fourth-order valence-electron chi connectivity index (χ4n) is 2.30. The van der Waals surface area contributed by atoms with Crippen molar-refractivity contribution in [1.82, 2.24) is 0 Å². The first kappa shape index (κ1) is 18.5. The standard InChI is InChI=1S/C20H24N2O3/c1-4-25-20(24)16-6-9-17(10-7-16)21-12-11-19(23)22-18-8-5-14(2)15(3)13-18/h5-10,13,21H,4,11-12H2,1-3H3,(H,22,23). The molecule has 5 nitrogen and oxygen atoms in total. The highest BCUT2D eigenvalue weighted by Gasteiger charge is 2.06. The molecule has 2 aromatic rings. The predicted molar refractivity (Wildman–Crippen MR) is 100 cm³/mol. The molecule has 2 N–H and O–H groups in total. The number of rotatable bonds is 7. The zero-order valence-corrected chi connectivity index (χ0v) is 14.9. The molecule has 0 aliphatic rings. The van der Waals surface area contributed by atoms with Gasteiger partial charge in [-0.05, 0) is 68.3 Å². The molecule has 0 saturated carbocycles. The molecule has 0 heterocycles. The van der Waals surface area contributed by atoms with E-state index in [1.807, 2.05) is 32.0 Å². The number of nitrogens with one attached hydrogen (secondary N) is 2. The summed E-state index contributed by atoms with van der Waals surface area (Å²) in [5.74, 6) is -0.374. The van der Waals surface area contributed by atoms with Gasteiger partial charge in [0.2, 0.25) is 5.91 Å². The fraction of sp³-hybridized carbons (Fsp3) is 0.300. The van der Waals surface area contributed by atoms with E-state index in [1.165, 1.54) is 5.56 Å². The first-order valence-electron chi connectivity index (χ1n) is 8.37. The number of ether oxygens (including phenoxy) is 1. The number of carbonyl (C=O) groups is 2. The van der Waals surface area contributed by atoms with Crippen molar-refractivity contribution in [2.75, 3.05) is 23.8 Å². The summed E-state index contributed by atoms with van der Waals surface area (Å²) in [7, 11) is 0. The number of hydrogen-bond acceptors (Lipinski definition) is 4. The molecule has 0 aliphatic heterocycles. The number of esters is 1. The minimum atomic E-state index is -0.332. The quantitative estimate of drug-likeness (QED) is 0.750. The highest BCUT2D eigenvalue weighted by Crippen LogP contribution is 2.14. The lowest BCUT2D eigenvalue weighted by atomic mass is 10.1. The summed E-state index contributed by atoms with van der Waals surface area (Å²) >= 11 is 0. The Balaban J connectivity index is 1.78. The topological polar surface area (TPSA) is 67.4 Å². The Labute approximate surface area is 148 Å². The van der Waals surface area contributed by atoms with Crippen molar-refractivity contribution in [2.24, 2.45) is 0 Å². The Kier molecular flexibility index (Phi) is 6.57. The predicted octanol–water partition coefficient (Wildman–Crippen LogP) is 3.92. The van der Waals surface area contributed by atoms with Gasteiger partial charge in [-0.25, -0.2) is 4.79 Å². The molecule has 2 aromatic carbocycles. The Bertz CT molecular complexity index is 739. The molecular formula is C20H24N2O3. The van der Waals surface area contributed by atoms with Crippen LogP contribution in [0.2, 0.25) is 0 Å². The van der Waals surface area contributed by atoms with E-state index in [0.29, 0.717) is 25.1 Å². The maximum Gasteiger partial charge on any atom is 0.338 e. The minimum Gasteiger partial charge on any atom is -0.462 e. The highest BCUT2D eigenvalue weighted by molar-refractivity contribution is 5.91. The van der Waals surface area contributed by atoms with Gasteiger partial charge >= 0.3 is 5.97 Å². The van der Waals surface area contributed by atoms with Crippen LogP contribution in [0, 0.1) is 13.8 Å². The molecular weight excluding hydrogens is 316 g/mol. The molecule has 0 radical (unpaired) electrons. The average Bonchev–Trinajstić information content (AvgIpc) is 2.59. The zero-order valence-electron chi connectivity index (χ0n) is 14.9. The van der Waals surface area contributed by atoms with Gasteiger partial charge < -0.3 is 15.4 Å². The molecule has 0 saturated heterocycles. The molecule has 0 spiro atoms. The molecule has 132 valence electrons. The van der Waals surface area contributed by atoms with Gasteiger partial charge in [-0.2, -0.15) is 0 Å². The lowest BCUT2D eigenvalue weighted by Crippen LogP contribution is -2.16. The third-order valence-electron chi connectivity index (χ3n) is 3.87. The van der Waals surface area contributed by atoms with Crippen molar-refractivity contribution in [3.8, 4) is 0 Å². The lowest BCUT2D eigenvalue weighted by Gasteiger charge is -2.09. The summed E-state index contributed by atoms with van der Waals surface area (Å²) in [6.45, 7) is 6.70. The van der Waals surface area contributed by atoms with E-state index < -0.39 is 0 Å². The van der Waals surface area contributed by atoms with E-state index in [1.54, 1.807) is 31.2 Å². The number of anilines is 2. The van der Waals surface area contributed by atoms with Crippen LogP contribution >= 0.6 is 0 Å². The van der Waals surface area contributed by atoms with Crippen molar-refractivity contribution < 1.29 is 14.3 Å². The van der Waals surface area contributed by atoms with Gasteiger partial charge in [0.05, 0.1) is 12.2 Å². The van der Waals surface area contributed by atoms with Crippen molar-refractivity contribution in [2.45, 2.75) is 27.2 Å². The van der Waals surface area contributed by atoms with Crippen LogP contribution in [0.4, 0.5) is 11.4 Å². The van der Waals surface area contributed by atoms with Crippen molar-refractivity contribution in [3.05, 3.63) is 59.2 Å². The second kappa shape index (κ2) is 8.87. The van der Waals surface area contributed by atoms with Gasteiger partial charge in [-0.3, -0.25) is 4.79 Å². The molecule has 0 aromatic heterocycles. The summed E-state index contributed by atoms with van der Waals surface area (Å²) in [5.41, 5.74) is 4.53. The van der Waals surface area contributed by atoms with Gasteiger partial charge in [0, 0.05) is 24.3 Å². The normalized spacial score (nSPS) is 10.2. The zero-order chi connectivity index (χ0) is 18.2.